The molecule has 11 heteroatoms. The van der Waals surface area contributed by atoms with Gasteiger partial charge in [0.25, 0.3) is 0 Å². The zero-order chi connectivity index (χ0) is 32.1. The highest BCUT2D eigenvalue weighted by molar-refractivity contribution is 5.92. The van der Waals surface area contributed by atoms with E-state index in [1.54, 1.807) is 48.5 Å². The Morgan fingerprint density at radius 3 is 2.24 bits per heavy atom. The van der Waals surface area contributed by atoms with Gasteiger partial charge < -0.3 is 38.9 Å². The number of ether oxygens (including phenoxy) is 7. The molecule has 230 valence electrons. The van der Waals surface area contributed by atoms with E-state index in [0.717, 1.165) is 0 Å². The van der Waals surface area contributed by atoms with Crippen LogP contribution in [0, 0.1) is 17.1 Å². The Labute approximate surface area is 258 Å². The molecule has 4 aromatic carbocycles. The number of benzene rings is 4. The quantitative estimate of drug-likeness (QED) is 0.171. The van der Waals surface area contributed by atoms with Crippen LogP contribution in [0.2, 0.25) is 0 Å². The lowest BCUT2D eigenvalue weighted by Crippen LogP contribution is -2.21. The molecule has 1 unspecified atom stereocenters. The van der Waals surface area contributed by atoms with Gasteiger partial charge in [-0.05, 0) is 42.0 Å². The van der Waals surface area contributed by atoms with Crippen LogP contribution in [0.3, 0.4) is 0 Å². The van der Waals surface area contributed by atoms with Crippen molar-refractivity contribution in [2.75, 3.05) is 28.4 Å². The number of carbonyl (C=O) groups excluding carboxylic acids is 1. The second-order valence-corrected chi connectivity index (χ2v) is 9.72. The molecule has 1 atom stereocenters. The molecule has 0 saturated carbocycles. The lowest BCUT2D eigenvalue weighted by molar-refractivity contribution is 0.0733. The van der Waals surface area contributed by atoms with Gasteiger partial charge in [-0.1, -0.05) is 30.3 Å². The smallest absolute Gasteiger partial charge is 0.343 e. The Balaban J connectivity index is 1.43. The SMILES string of the molecule is COc1cc(C2C(C#N)=C(N)Oc3cc(OC(=O)c4cc(OC)c(OC)c(OC)c4)ccc32)ccc1OCc1ccccc1F. The average Bonchev–Trinajstić information content (AvgIpc) is 3.06. The van der Waals surface area contributed by atoms with Gasteiger partial charge >= 0.3 is 5.97 Å². The van der Waals surface area contributed by atoms with Crippen molar-refractivity contribution in [3.8, 4) is 46.3 Å². The number of rotatable bonds is 10. The number of esters is 1. The lowest BCUT2D eigenvalue weighted by Gasteiger charge is -2.27. The number of carbonyl (C=O) groups is 1. The van der Waals surface area contributed by atoms with Crippen molar-refractivity contribution < 1.29 is 42.3 Å². The van der Waals surface area contributed by atoms with Crippen molar-refractivity contribution in [1.29, 1.82) is 5.26 Å². The van der Waals surface area contributed by atoms with Gasteiger partial charge in [-0.25, -0.2) is 9.18 Å². The number of nitriles is 1. The van der Waals surface area contributed by atoms with E-state index < -0.39 is 11.9 Å². The van der Waals surface area contributed by atoms with Crippen molar-refractivity contribution in [2.24, 2.45) is 5.73 Å². The maximum absolute atomic E-state index is 14.1. The summed E-state index contributed by atoms with van der Waals surface area (Å²) in [5.74, 6) is 0.377. The molecule has 2 N–H and O–H groups in total. The molecule has 5 rings (SSSR count). The predicted molar refractivity (Wildman–Crippen MR) is 161 cm³/mol. The summed E-state index contributed by atoms with van der Waals surface area (Å²) in [6.07, 6.45) is 0. The van der Waals surface area contributed by atoms with Crippen LogP contribution in [-0.2, 0) is 6.61 Å². The van der Waals surface area contributed by atoms with Gasteiger partial charge in [0.1, 0.15) is 35.6 Å². The fraction of sp³-hybridized carbons (Fsp3) is 0.176. The summed E-state index contributed by atoms with van der Waals surface area (Å²) < 4.78 is 52.9. The van der Waals surface area contributed by atoms with Crippen LogP contribution >= 0.6 is 0 Å². The molecule has 1 aliphatic heterocycles. The van der Waals surface area contributed by atoms with E-state index in [0.29, 0.717) is 51.2 Å². The first kappa shape index (κ1) is 30.6. The van der Waals surface area contributed by atoms with Crippen LogP contribution in [0.5, 0.6) is 40.2 Å². The van der Waals surface area contributed by atoms with E-state index in [-0.39, 0.29) is 35.2 Å². The summed E-state index contributed by atoms with van der Waals surface area (Å²) in [6.45, 7) is -0.00361. The minimum Gasteiger partial charge on any atom is -0.493 e. The Kier molecular flexibility index (Phi) is 8.95. The van der Waals surface area contributed by atoms with Crippen LogP contribution < -0.4 is 38.9 Å². The predicted octanol–water partition coefficient (Wildman–Crippen LogP) is 5.88. The van der Waals surface area contributed by atoms with Crippen molar-refractivity contribution in [1.82, 2.24) is 0 Å². The molecule has 0 aliphatic carbocycles. The molecule has 0 bridgehead atoms. The number of methoxy groups -OCH3 is 4. The minimum absolute atomic E-state index is 0.00361. The first-order valence-electron chi connectivity index (χ1n) is 13.6. The van der Waals surface area contributed by atoms with Gasteiger partial charge in [-0.2, -0.15) is 5.26 Å². The molecule has 45 heavy (non-hydrogen) atoms. The minimum atomic E-state index is -0.682. The van der Waals surface area contributed by atoms with Crippen molar-refractivity contribution in [2.45, 2.75) is 12.5 Å². The maximum Gasteiger partial charge on any atom is 0.343 e. The number of fused-ring (bicyclic) bond motifs is 1. The third kappa shape index (κ3) is 6.12. The Hall–Kier alpha value is -5.89. The number of hydrogen-bond acceptors (Lipinski definition) is 10. The third-order valence-electron chi connectivity index (χ3n) is 7.16. The van der Waals surface area contributed by atoms with E-state index in [9.17, 15) is 14.4 Å². The van der Waals surface area contributed by atoms with E-state index in [4.69, 9.17) is 38.9 Å². The van der Waals surface area contributed by atoms with Crippen LogP contribution in [0.15, 0.2) is 84.3 Å². The molecule has 1 heterocycles. The van der Waals surface area contributed by atoms with Gasteiger partial charge in [0.2, 0.25) is 11.6 Å². The second kappa shape index (κ2) is 13.2. The molecule has 0 spiro atoms. The topological polar surface area (TPSA) is 131 Å². The lowest BCUT2D eigenvalue weighted by atomic mass is 9.83. The van der Waals surface area contributed by atoms with Crippen LogP contribution in [0.1, 0.15) is 33.0 Å². The first-order chi connectivity index (χ1) is 21.8. The largest absolute Gasteiger partial charge is 0.493 e. The zero-order valence-electron chi connectivity index (χ0n) is 24.9. The number of halogens is 1. The molecule has 0 radical (unpaired) electrons. The number of hydrogen-bond donors (Lipinski definition) is 1. The van der Waals surface area contributed by atoms with E-state index >= 15 is 0 Å². The molecule has 1 aliphatic rings. The maximum atomic E-state index is 14.1. The average molecular weight is 613 g/mol. The highest BCUT2D eigenvalue weighted by Gasteiger charge is 2.32. The summed E-state index contributed by atoms with van der Waals surface area (Å²) in [6, 6.07) is 21.4. The molecule has 0 fully saturated rings. The van der Waals surface area contributed by atoms with E-state index in [2.05, 4.69) is 6.07 Å². The highest BCUT2D eigenvalue weighted by atomic mass is 19.1. The van der Waals surface area contributed by atoms with Gasteiger partial charge in [0, 0.05) is 17.2 Å². The third-order valence-corrected chi connectivity index (χ3v) is 7.16. The van der Waals surface area contributed by atoms with E-state index in [1.165, 1.54) is 52.7 Å². The van der Waals surface area contributed by atoms with Crippen LogP contribution in [0.4, 0.5) is 4.39 Å². The summed E-state index contributed by atoms with van der Waals surface area (Å²) in [5, 5.41) is 10.0. The summed E-state index contributed by atoms with van der Waals surface area (Å²) in [7, 11) is 5.83. The number of nitrogens with two attached hydrogens (primary N) is 1. The standard InChI is InChI=1S/C34H29FN2O8/c1-39-28-13-19(9-12-26(28)43-18-20-7-5-6-8-25(20)35)31-23-11-10-22(16-27(23)45-33(37)24(31)17-36)44-34(38)21-14-29(40-2)32(42-4)30(15-21)41-3/h5-16,31H,18,37H2,1-4H3. The molecule has 0 aromatic heterocycles. The monoisotopic (exact) mass is 612 g/mol. The van der Waals surface area contributed by atoms with Gasteiger partial charge in [-0.15, -0.1) is 0 Å². The van der Waals surface area contributed by atoms with Crippen molar-refractivity contribution in [3.63, 3.8) is 0 Å². The zero-order valence-corrected chi connectivity index (χ0v) is 24.9. The molecule has 4 aromatic rings. The Morgan fingerprint density at radius 2 is 1.60 bits per heavy atom. The van der Waals surface area contributed by atoms with E-state index in [1.807, 2.05) is 0 Å². The highest BCUT2D eigenvalue weighted by Crippen LogP contribution is 2.45. The summed E-state index contributed by atoms with van der Waals surface area (Å²) in [4.78, 5) is 13.1. The number of allylic oxidation sites excluding steroid dienone is 1. The summed E-state index contributed by atoms with van der Waals surface area (Å²) >= 11 is 0. The van der Waals surface area contributed by atoms with Gasteiger partial charge in [0.05, 0.1) is 39.9 Å². The van der Waals surface area contributed by atoms with Gasteiger partial charge in [-0.3, -0.25) is 0 Å². The van der Waals surface area contributed by atoms with Crippen molar-refractivity contribution in [3.05, 3.63) is 112 Å². The molecule has 0 saturated heterocycles. The molecule has 0 amide bonds. The Bertz CT molecular complexity index is 1810. The number of nitrogens with zero attached hydrogens (tertiary/aromatic N) is 1. The fourth-order valence-electron chi connectivity index (χ4n) is 4.96. The normalized spacial score (nSPS) is 13.6. The first-order valence-corrected chi connectivity index (χ1v) is 13.6. The molecular formula is C34H29FN2O8. The fourth-order valence-corrected chi connectivity index (χ4v) is 4.96. The molecular weight excluding hydrogens is 583 g/mol. The van der Waals surface area contributed by atoms with Crippen LogP contribution in [0.25, 0.3) is 0 Å². The van der Waals surface area contributed by atoms with Gasteiger partial charge in [0.15, 0.2) is 23.0 Å². The van der Waals surface area contributed by atoms with Crippen molar-refractivity contribution >= 4 is 5.97 Å². The van der Waals surface area contributed by atoms with Crippen LogP contribution in [-0.4, -0.2) is 34.4 Å². The Morgan fingerprint density at radius 1 is 0.889 bits per heavy atom. The summed E-state index contributed by atoms with van der Waals surface area (Å²) in [5.41, 5.74) is 8.20. The molecule has 10 nitrogen and oxygen atoms in total. The second-order valence-electron chi connectivity index (χ2n) is 9.72.